The lowest BCUT2D eigenvalue weighted by molar-refractivity contribution is -0.152. The quantitative estimate of drug-likeness (QED) is 0.218. The molecule has 180 valence electrons. The summed E-state index contributed by atoms with van der Waals surface area (Å²) in [5, 5.41) is 0.336. The van der Waals surface area contributed by atoms with E-state index in [1.165, 1.54) is 6.26 Å². The molecule has 3 aromatic carbocycles. The van der Waals surface area contributed by atoms with Gasteiger partial charge in [0.2, 0.25) is 11.2 Å². The molecule has 1 heterocycles. The van der Waals surface area contributed by atoms with E-state index in [9.17, 15) is 9.59 Å². The van der Waals surface area contributed by atoms with E-state index in [4.69, 9.17) is 23.4 Å². The highest BCUT2D eigenvalue weighted by molar-refractivity contribution is 5.79. The number of hydrogen-bond donors (Lipinski definition) is 0. The van der Waals surface area contributed by atoms with Crippen LogP contribution in [0.25, 0.3) is 22.1 Å². The largest absolute Gasteiger partial charge is 0.479 e. The van der Waals surface area contributed by atoms with Crippen LogP contribution in [0.3, 0.4) is 0 Å². The second-order valence-corrected chi connectivity index (χ2v) is 7.70. The Morgan fingerprint density at radius 1 is 0.914 bits per heavy atom. The first-order valence-corrected chi connectivity index (χ1v) is 11.3. The zero-order valence-corrected chi connectivity index (χ0v) is 19.6. The molecule has 0 spiro atoms. The molecule has 7 nitrogen and oxygen atoms in total. The standard InChI is InChI=1S/C28H26O7/c1-3-31-15-16-32-28(30)19(2)34-23-13-14-24-25(17-23)33-18-26(27(24)29)35-22-11-9-21(10-12-22)20-7-5-4-6-8-20/h4-14,17-19H,3,15-16H2,1-2H3/t19-/m1/s1. The minimum Gasteiger partial charge on any atom is -0.479 e. The van der Waals surface area contributed by atoms with Crippen LogP contribution in [-0.2, 0) is 14.3 Å². The number of ether oxygens (including phenoxy) is 4. The highest BCUT2D eigenvalue weighted by atomic mass is 16.6. The van der Waals surface area contributed by atoms with E-state index in [1.54, 1.807) is 37.3 Å². The summed E-state index contributed by atoms with van der Waals surface area (Å²) in [5.41, 5.74) is 2.14. The molecule has 0 fully saturated rings. The molecule has 4 aromatic rings. The molecule has 0 aliphatic carbocycles. The molecule has 0 saturated carbocycles. The van der Waals surface area contributed by atoms with Crippen molar-refractivity contribution in [1.29, 1.82) is 0 Å². The maximum absolute atomic E-state index is 12.9. The molecule has 0 aliphatic rings. The highest BCUT2D eigenvalue weighted by Crippen LogP contribution is 2.27. The van der Waals surface area contributed by atoms with E-state index in [-0.39, 0.29) is 17.8 Å². The third-order valence-corrected chi connectivity index (χ3v) is 5.22. The van der Waals surface area contributed by atoms with Crippen LogP contribution in [0.1, 0.15) is 13.8 Å². The van der Waals surface area contributed by atoms with Crippen molar-refractivity contribution in [2.45, 2.75) is 20.0 Å². The van der Waals surface area contributed by atoms with E-state index >= 15 is 0 Å². The predicted molar refractivity (Wildman–Crippen MR) is 132 cm³/mol. The number of rotatable bonds is 10. The zero-order valence-electron chi connectivity index (χ0n) is 19.6. The van der Waals surface area contributed by atoms with Gasteiger partial charge in [-0.05, 0) is 49.2 Å². The third-order valence-electron chi connectivity index (χ3n) is 5.22. The van der Waals surface area contributed by atoms with Crippen LogP contribution < -0.4 is 14.9 Å². The smallest absolute Gasteiger partial charge is 0.347 e. The second kappa shape index (κ2) is 11.4. The average molecular weight is 475 g/mol. The normalized spacial score (nSPS) is 11.7. The third kappa shape index (κ3) is 6.07. The molecule has 1 aromatic heterocycles. The van der Waals surface area contributed by atoms with Crippen LogP contribution in [0.5, 0.6) is 17.2 Å². The van der Waals surface area contributed by atoms with Crippen molar-refractivity contribution in [3.63, 3.8) is 0 Å². The van der Waals surface area contributed by atoms with Gasteiger partial charge in [0.25, 0.3) is 0 Å². The molecule has 0 amide bonds. The molecule has 0 radical (unpaired) electrons. The van der Waals surface area contributed by atoms with Gasteiger partial charge in [-0.25, -0.2) is 4.79 Å². The van der Waals surface area contributed by atoms with E-state index in [0.29, 0.717) is 35.7 Å². The summed E-state index contributed by atoms with van der Waals surface area (Å²) < 4.78 is 27.3. The van der Waals surface area contributed by atoms with E-state index in [0.717, 1.165) is 11.1 Å². The van der Waals surface area contributed by atoms with Crippen LogP contribution in [0.2, 0.25) is 0 Å². The van der Waals surface area contributed by atoms with Gasteiger partial charge in [0.15, 0.2) is 6.10 Å². The first-order chi connectivity index (χ1) is 17.0. The topological polar surface area (TPSA) is 84.2 Å². The molecule has 7 heteroatoms. The monoisotopic (exact) mass is 474 g/mol. The molecule has 1 atom stereocenters. The molecule has 35 heavy (non-hydrogen) atoms. The molecule has 4 rings (SSSR count). The molecule has 0 unspecified atom stereocenters. The van der Waals surface area contributed by atoms with Gasteiger partial charge in [0, 0.05) is 12.7 Å². The van der Waals surface area contributed by atoms with Crippen molar-refractivity contribution >= 4 is 16.9 Å². The summed E-state index contributed by atoms with van der Waals surface area (Å²) in [4.78, 5) is 25.0. The Balaban J connectivity index is 1.43. The highest BCUT2D eigenvalue weighted by Gasteiger charge is 2.17. The van der Waals surface area contributed by atoms with Crippen molar-refractivity contribution in [2.24, 2.45) is 0 Å². The fourth-order valence-corrected chi connectivity index (χ4v) is 3.42. The Bertz CT molecular complexity index is 1330. The minimum absolute atomic E-state index is 0.0740. The number of carbonyl (C=O) groups is 1. The van der Waals surface area contributed by atoms with Crippen LogP contribution in [0.15, 0.2) is 88.3 Å². The Morgan fingerprint density at radius 3 is 2.37 bits per heavy atom. The lowest BCUT2D eigenvalue weighted by Gasteiger charge is -2.14. The first-order valence-electron chi connectivity index (χ1n) is 11.3. The van der Waals surface area contributed by atoms with Crippen LogP contribution in [0, 0.1) is 0 Å². The predicted octanol–water partition coefficient (Wildman–Crippen LogP) is 5.60. The van der Waals surface area contributed by atoms with Crippen molar-refractivity contribution in [3.8, 4) is 28.4 Å². The summed E-state index contributed by atoms with van der Waals surface area (Å²) in [5.74, 6) is 0.464. The maximum Gasteiger partial charge on any atom is 0.347 e. The number of esters is 1. The average Bonchev–Trinajstić information content (AvgIpc) is 2.89. The zero-order chi connectivity index (χ0) is 24.6. The summed E-state index contributed by atoms with van der Waals surface area (Å²) in [6.07, 6.45) is 0.438. The van der Waals surface area contributed by atoms with Crippen LogP contribution in [-0.4, -0.2) is 31.9 Å². The number of hydrogen-bond acceptors (Lipinski definition) is 7. The summed E-state index contributed by atoms with van der Waals surface area (Å²) in [6.45, 7) is 4.50. The van der Waals surface area contributed by atoms with Crippen molar-refractivity contribution in [2.75, 3.05) is 19.8 Å². The van der Waals surface area contributed by atoms with Crippen LogP contribution >= 0.6 is 0 Å². The number of carbonyl (C=O) groups excluding carboxylic acids is 1. The molecule has 0 saturated heterocycles. The molecule has 0 bridgehead atoms. The van der Waals surface area contributed by atoms with E-state index in [2.05, 4.69) is 0 Å². The Kier molecular flexibility index (Phi) is 7.80. The number of fused-ring (bicyclic) bond motifs is 1. The molecule has 0 aliphatic heterocycles. The summed E-state index contributed by atoms with van der Waals surface area (Å²) in [6, 6.07) is 22.2. The Hall–Kier alpha value is -4.10. The fraction of sp³-hybridized carbons (Fsp3) is 0.214. The summed E-state index contributed by atoms with van der Waals surface area (Å²) in [7, 11) is 0. The maximum atomic E-state index is 12.9. The number of benzene rings is 3. The molecular weight excluding hydrogens is 448 g/mol. The SMILES string of the molecule is CCOCCOC(=O)[C@@H](C)Oc1ccc2c(=O)c(Oc3ccc(-c4ccccc4)cc3)coc2c1. The van der Waals surface area contributed by atoms with Crippen molar-refractivity contribution in [1.82, 2.24) is 0 Å². The minimum atomic E-state index is -0.831. The lowest BCUT2D eigenvalue weighted by atomic mass is 10.1. The second-order valence-electron chi connectivity index (χ2n) is 7.70. The summed E-state index contributed by atoms with van der Waals surface area (Å²) >= 11 is 0. The van der Waals surface area contributed by atoms with Gasteiger partial charge >= 0.3 is 5.97 Å². The Labute approximate surface area is 202 Å². The van der Waals surface area contributed by atoms with Gasteiger partial charge in [0.1, 0.15) is 30.0 Å². The first kappa shape index (κ1) is 24.0. The van der Waals surface area contributed by atoms with Gasteiger partial charge in [-0.1, -0.05) is 42.5 Å². The van der Waals surface area contributed by atoms with E-state index in [1.807, 2.05) is 49.4 Å². The van der Waals surface area contributed by atoms with Gasteiger partial charge < -0.3 is 23.4 Å². The van der Waals surface area contributed by atoms with Crippen molar-refractivity contribution in [3.05, 3.63) is 89.3 Å². The van der Waals surface area contributed by atoms with Gasteiger partial charge in [-0.3, -0.25) is 4.79 Å². The fourth-order valence-electron chi connectivity index (χ4n) is 3.42. The van der Waals surface area contributed by atoms with Gasteiger partial charge in [-0.2, -0.15) is 0 Å². The van der Waals surface area contributed by atoms with E-state index < -0.39 is 12.1 Å². The molecule has 0 N–H and O–H groups in total. The Morgan fingerprint density at radius 2 is 1.63 bits per heavy atom. The van der Waals surface area contributed by atoms with Gasteiger partial charge in [0.05, 0.1) is 12.0 Å². The lowest BCUT2D eigenvalue weighted by Crippen LogP contribution is -2.27. The van der Waals surface area contributed by atoms with Crippen molar-refractivity contribution < 1.29 is 28.2 Å². The van der Waals surface area contributed by atoms with Gasteiger partial charge in [-0.15, -0.1) is 0 Å². The molecular formula is C28H26O7. The van der Waals surface area contributed by atoms with Crippen LogP contribution in [0.4, 0.5) is 0 Å².